The second-order valence-corrected chi connectivity index (χ2v) is 6.60. The lowest BCUT2D eigenvalue weighted by Gasteiger charge is -2.23. The average molecular weight is 374 g/mol. The van der Waals surface area contributed by atoms with Crippen LogP contribution in [-0.4, -0.2) is 21.8 Å². The lowest BCUT2D eigenvalue weighted by Crippen LogP contribution is -2.24. The fraction of sp³-hybridized carbons (Fsp3) is 0.0909. The van der Waals surface area contributed by atoms with E-state index in [1.54, 1.807) is 6.07 Å². The number of hydrogen-bond acceptors (Lipinski definition) is 6. The molecule has 6 heteroatoms. The quantitative estimate of drug-likeness (QED) is 0.321. The number of aryl methyl sites for hydroxylation is 1. The van der Waals surface area contributed by atoms with Crippen LogP contribution in [0.15, 0.2) is 48.5 Å². The molecule has 3 aromatic rings. The van der Waals surface area contributed by atoms with E-state index in [9.17, 15) is 19.8 Å². The number of hydrogen-bond donors (Lipinski definition) is 4. The molecule has 28 heavy (non-hydrogen) atoms. The predicted molar refractivity (Wildman–Crippen MR) is 107 cm³/mol. The fourth-order valence-corrected chi connectivity index (χ4v) is 3.59. The Kier molecular flexibility index (Phi) is 4.04. The number of carbonyl (C=O) groups is 2. The first-order chi connectivity index (χ1) is 13.4. The zero-order valence-electron chi connectivity index (χ0n) is 15.1. The van der Waals surface area contributed by atoms with E-state index in [-0.39, 0.29) is 39.4 Å². The number of nitrogens with two attached hydrogens (primary N) is 1. The topological polar surface area (TPSA) is 113 Å². The van der Waals surface area contributed by atoms with Crippen LogP contribution in [0.25, 0.3) is 0 Å². The number of phenols is 2. The van der Waals surface area contributed by atoms with Gasteiger partial charge in [0, 0.05) is 11.4 Å². The van der Waals surface area contributed by atoms with E-state index < -0.39 is 11.6 Å². The molecule has 0 radical (unpaired) electrons. The smallest absolute Gasteiger partial charge is 0.200 e. The van der Waals surface area contributed by atoms with E-state index in [4.69, 9.17) is 5.73 Å². The second kappa shape index (κ2) is 6.42. The van der Waals surface area contributed by atoms with Crippen molar-refractivity contribution in [3.8, 4) is 11.5 Å². The second-order valence-electron chi connectivity index (χ2n) is 6.60. The van der Waals surface area contributed by atoms with Crippen LogP contribution in [0.3, 0.4) is 0 Å². The highest BCUT2D eigenvalue weighted by molar-refractivity contribution is 6.33. The molecule has 0 saturated heterocycles. The molecule has 5 N–H and O–H groups in total. The van der Waals surface area contributed by atoms with Gasteiger partial charge in [0.2, 0.25) is 11.6 Å². The van der Waals surface area contributed by atoms with E-state index >= 15 is 0 Å². The van der Waals surface area contributed by atoms with Crippen molar-refractivity contribution in [2.24, 2.45) is 0 Å². The molecular formula is C22H18N2O4. The molecule has 0 spiro atoms. The molecule has 0 saturated carbocycles. The zero-order chi connectivity index (χ0) is 20.0. The van der Waals surface area contributed by atoms with Gasteiger partial charge in [-0.2, -0.15) is 0 Å². The van der Waals surface area contributed by atoms with Crippen molar-refractivity contribution in [2.75, 3.05) is 11.1 Å². The number of nitrogens with one attached hydrogen (secondary N) is 1. The molecule has 0 atom stereocenters. The number of phenolic OH excluding ortho intramolecular Hbond substituents is 2. The SMILES string of the molecule is CCc1ccccc1Nc1ccc(O)c2c1C(=O)c1c(O)ccc(N)c1C2=O. The average Bonchev–Trinajstić information content (AvgIpc) is 2.69. The summed E-state index contributed by atoms with van der Waals surface area (Å²) < 4.78 is 0. The van der Waals surface area contributed by atoms with Crippen LogP contribution in [0.4, 0.5) is 17.1 Å². The standard InChI is InChI=1S/C22H18N2O4/c1-2-11-5-3-4-6-13(11)24-14-8-10-16(26)20-18(14)22(28)19-15(25)9-7-12(23)17(19)21(20)27/h3-10,24-26H,2,23H2,1H3. The number of rotatable bonds is 3. The van der Waals surface area contributed by atoms with Gasteiger partial charge < -0.3 is 21.3 Å². The Labute approximate surface area is 161 Å². The van der Waals surface area contributed by atoms with Gasteiger partial charge in [-0.15, -0.1) is 0 Å². The monoisotopic (exact) mass is 374 g/mol. The largest absolute Gasteiger partial charge is 0.507 e. The zero-order valence-corrected chi connectivity index (χ0v) is 15.1. The summed E-state index contributed by atoms with van der Waals surface area (Å²) in [6.07, 6.45) is 0.774. The van der Waals surface area contributed by atoms with Gasteiger partial charge in [0.1, 0.15) is 11.5 Å². The molecular weight excluding hydrogens is 356 g/mol. The molecule has 4 rings (SSSR count). The lowest BCUT2D eigenvalue weighted by atomic mass is 9.81. The third-order valence-electron chi connectivity index (χ3n) is 4.97. The Balaban J connectivity index is 1.94. The molecule has 3 aromatic carbocycles. The highest BCUT2D eigenvalue weighted by atomic mass is 16.3. The van der Waals surface area contributed by atoms with Crippen LogP contribution in [0.1, 0.15) is 44.3 Å². The summed E-state index contributed by atoms with van der Waals surface area (Å²) in [6, 6.07) is 13.2. The molecule has 6 nitrogen and oxygen atoms in total. The number of anilines is 3. The highest BCUT2D eigenvalue weighted by Crippen LogP contribution is 2.42. The maximum Gasteiger partial charge on any atom is 0.200 e. The molecule has 0 heterocycles. The Morgan fingerprint density at radius 1 is 0.786 bits per heavy atom. The molecule has 140 valence electrons. The number of fused-ring (bicyclic) bond motifs is 2. The van der Waals surface area contributed by atoms with E-state index in [0.29, 0.717) is 5.69 Å². The minimum atomic E-state index is -0.595. The minimum Gasteiger partial charge on any atom is -0.507 e. The third kappa shape index (κ3) is 2.50. The summed E-state index contributed by atoms with van der Waals surface area (Å²) in [7, 11) is 0. The summed E-state index contributed by atoms with van der Waals surface area (Å²) in [5, 5.41) is 23.7. The summed E-state index contributed by atoms with van der Waals surface area (Å²) in [5.41, 5.74) is 7.84. The van der Waals surface area contributed by atoms with Gasteiger partial charge in [0.05, 0.1) is 27.9 Å². The van der Waals surface area contributed by atoms with Crippen molar-refractivity contribution in [2.45, 2.75) is 13.3 Å². The number of benzene rings is 3. The molecule has 0 amide bonds. The molecule has 0 aliphatic heterocycles. The molecule has 0 aromatic heterocycles. The van der Waals surface area contributed by atoms with Crippen LogP contribution >= 0.6 is 0 Å². The highest BCUT2D eigenvalue weighted by Gasteiger charge is 2.37. The first-order valence-corrected chi connectivity index (χ1v) is 8.85. The Morgan fingerprint density at radius 3 is 2.11 bits per heavy atom. The fourth-order valence-electron chi connectivity index (χ4n) is 3.59. The van der Waals surface area contributed by atoms with Crippen LogP contribution < -0.4 is 11.1 Å². The van der Waals surface area contributed by atoms with Crippen molar-refractivity contribution >= 4 is 28.6 Å². The molecule has 0 fully saturated rings. The third-order valence-corrected chi connectivity index (χ3v) is 4.97. The first-order valence-electron chi connectivity index (χ1n) is 8.85. The van der Waals surface area contributed by atoms with Crippen molar-refractivity contribution < 1.29 is 19.8 Å². The number of para-hydroxylation sites is 1. The van der Waals surface area contributed by atoms with Crippen LogP contribution in [0, 0.1) is 0 Å². The van der Waals surface area contributed by atoms with Crippen molar-refractivity contribution in [1.29, 1.82) is 0 Å². The maximum atomic E-state index is 13.2. The minimum absolute atomic E-state index is 0.0179. The number of carbonyl (C=O) groups excluding carboxylic acids is 2. The van der Waals surface area contributed by atoms with Gasteiger partial charge in [-0.25, -0.2) is 0 Å². The van der Waals surface area contributed by atoms with Crippen molar-refractivity contribution in [3.05, 3.63) is 76.3 Å². The number of ketones is 2. The van der Waals surface area contributed by atoms with E-state index in [1.807, 2.05) is 31.2 Å². The molecule has 0 bridgehead atoms. The summed E-state index contributed by atoms with van der Waals surface area (Å²) >= 11 is 0. The van der Waals surface area contributed by atoms with Gasteiger partial charge in [-0.05, 0) is 42.3 Å². The first kappa shape index (κ1) is 17.6. The van der Waals surface area contributed by atoms with E-state index in [1.165, 1.54) is 18.2 Å². The summed E-state index contributed by atoms with van der Waals surface area (Å²) in [6.45, 7) is 2.01. The normalized spacial score (nSPS) is 12.5. The van der Waals surface area contributed by atoms with Gasteiger partial charge >= 0.3 is 0 Å². The summed E-state index contributed by atoms with van der Waals surface area (Å²) in [5.74, 6) is -1.79. The van der Waals surface area contributed by atoms with E-state index in [0.717, 1.165) is 17.7 Å². The van der Waals surface area contributed by atoms with Crippen LogP contribution in [-0.2, 0) is 6.42 Å². The Hall–Kier alpha value is -3.80. The van der Waals surface area contributed by atoms with Gasteiger partial charge in [0.25, 0.3) is 0 Å². The maximum absolute atomic E-state index is 13.2. The van der Waals surface area contributed by atoms with Gasteiger partial charge in [0.15, 0.2) is 0 Å². The van der Waals surface area contributed by atoms with Gasteiger partial charge in [-0.3, -0.25) is 9.59 Å². The van der Waals surface area contributed by atoms with E-state index in [2.05, 4.69) is 5.32 Å². The van der Waals surface area contributed by atoms with Crippen molar-refractivity contribution in [1.82, 2.24) is 0 Å². The van der Waals surface area contributed by atoms with Gasteiger partial charge in [-0.1, -0.05) is 25.1 Å². The predicted octanol–water partition coefficient (Wildman–Crippen LogP) is 3.76. The Morgan fingerprint density at radius 2 is 1.39 bits per heavy atom. The molecule has 0 unspecified atom stereocenters. The number of aromatic hydroxyl groups is 2. The lowest BCUT2D eigenvalue weighted by molar-refractivity contribution is 0.0975. The molecule has 1 aliphatic rings. The molecule has 1 aliphatic carbocycles. The Bertz CT molecular complexity index is 1150. The number of nitrogen functional groups attached to an aromatic ring is 1. The van der Waals surface area contributed by atoms with Crippen LogP contribution in [0.5, 0.6) is 11.5 Å². The summed E-state index contributed by atoms with van der Waals surface area (Å²) in [4.78, 5) is 26.3. The van der Waals surface area contributed by atoms with Crippen LogP contribution in [0.2, 0.25) is 0 Å². The van der Waals surface area contributed by atoms with Crippen molar-refractivity contribution in [3.63, 3.8) is 0 Å².